The molecule has 4 heteroatoms. The molecular formula is C10H20N2O2. The number of amides is 1. The van der Waals surface area contributed by atoms with Crippen LogP contribution in [0.1, 0.15) is 26.7 Å². The molecule has 1 aliphatic heterocycles. The van der Waals surface area contributed by atoms with Crippen LogP contribution in [0.3, 0.4) is 0 Å². The van der Waals surface area contributed by atoms with Gasteiger partial charge < -0.3 is 15.4 Å². The highest BCUT2D eigenvalue weighted by Gasteiger charge is 2.15. The van der Waals surface area contributed by atoms with Gasteiger partial charge in [0.15, 0.2) is 0 Å². The van der Waals surface area contributed by atoms with Crippen molar-refractivity contribution in [3.63, 3.8) is 0 Å². The fourth-order valence-electron chi connectivity index (χ4n) is 1.52. The van der Waals surface area contributed by atoms with E-state index in [4.69, 9.17) is 4.74 Å². The molecule has 0 spiro atoms. The Morgan fingerprint density at radius 3 is 2.71 bits per heavy atom. The van der Waals surface area contributed by atoms with Crippen LogP contribution in [0, 0.1) is 5.92 Å². The average Bonchev–Trinajstić information content (AvgIpc) is 2.15. The van der Waals surface area contributed by atoms with Gasteiger partial charge in [0.2, 0.25) is 0 Å². The number of hydrogen-bond donors (Lipinski definition) is 2. The smallest absolute Gasteiger partial charge is 0.407 e. The van der Waals surface area contributed by atoms with Crippen molar-refractivity contribution in [2.45, 2.75) is 32.7 Å². The van der Waals surface area contributed by atoms with E-state index in [0.29, 0.717) is 12.5 Å². The molecule has 4 nitrogen and oxygen atoms in total. The lowest BCUT2D eigenvalue weighted by Crippen LogP contribution is -2.34. The molecule has 0 aromatic heterocycles. The van der Waals surface area contributed by atoms with Gasteiger partial charge in [0.25, 0.3) is 0 Å². The van der Waals surface area contributed by atoms with Gasteiger partial charge in [-0.15, -0.1) is 0 Å². The minimum Gasteiger partial charge on any atom is -0.449 e. The van der Waals surface area contributed by atoms with E-state index in [0.717, 1.165) is 25.9 Å². The Morgan fingerprint density at radius 2 is 2.14 bits per heavy atom. The number of nitrogens with one attached hydrogen (secondary N) is 2. The standard InChI is InChI=1S/C10H20N2O2/c1-8(2)12-10(13)14-7-9-3-5-11-6-4-9/h8-9,11H,3-7H2,1-2H3,(H,12,13). The van der Waals surface area contributed by atoms with Gasteiger partial charge in [-0.25, -0.2) is 4.79 Å². The first-order valence-corrected chi connectivity index (χ1v) is 5.32. The second kappa shape index (κ2) is 5.86. The van der Waals surface area contributed by atoms with Crippen molar-refractivity contribution >= 4 is 6.09 Å². The van der Waals surface area contributed by atoms with Crippen molar-refractivity contribution in [3.8, 4) is 0 Å². The van der Waals surface area contributed by atoms with Crippen molar-refractivity contribution in [1.82, 2.24) is 10.6 Å². The second-order valence-electron chi connectivity index (χ2n) is 4.09. The van der Waals surface area contributed by atoms with Gasteiger partial charge >= 0.3 is 6.09 Å². The summed E-state index contributed by atoms with van der Waals surface area (Å²) in [6, 6.07) is 0.149. The Hall–Kier alpha value is -0.770. The monoisotopic (exact) mass is 200 g/mol. The van der Waals surface area contributed by atoms with E-state index in [1.165, 1.54) is 0 Å². The summed E-state index contributed by atoms with van der Waals surface area (Å²) in [4.78, 5) is 11.1. The minimum atomic E-state index is -0.293. The molecule has 82 valence electrons. The lowest BCUT2D eigenvalue weighted by atomic mass is 9.99. The number of carbonyl (C=O) groups excluding carboxylic acids is 1. The molecule has 1 heterocycles. The van der Waals surface area contributed by atoms with Crippen molar-refractivity contribution in [3.05, 3.63) is 0 Å². The topological polar surface area (TPSA) is 50.4 Å². The second-order valence-corrected chi connectivity index (χ2v) is 4.09. The summed E-state index contributed by atoms with van der Waals surface area (Å²) in [5.74, 6) is 0.536. The van der Waals surface area contributed by atoms with Crippen LogP contribution in [0.25, 0.3) is 0 Å². The first-order valence-electron chi connectivity index (χ1n) is 5.32. The van der Waals surface area contributed by atoms with Crippen LogP contribution in [0.2, 0.25) is 0 Å². The first kappa shape index (κ1) is 11.3. The zero-order chi connectivity index (χ0) is 10.4. The summed E-state index contributed by atoms with van der Waals surface area (Å²) < 4.78 is 5.11. The maximum Gasteiger partial charge on any atom is 0.407 e. The minimum absolute atomic E-state index is 0.149. The third-order valence-electron chi connectivity index (χ3n) is 2.32. The molecule has 0 aliphatic carbocycles. The number of piperidine rings is 1. The van der Waals surface area contributed by atoms with Gasteiger partial charge in [0.1, 0.15) is 0 Å². The fraction of sp³-hybridized carbons (Fsp3) is 0.900. The Kier molecular flexibility index (Phi) is 4.73. The predicted molar refractivity (Wildman–Crippen MR) is 55.2 cm³/mol. The Balaban J connectivity index is 2.09. The maximum absolute atomic E-state index is 11.1. The number of hydrogen-bond acceptors (Lipinski definition) is 3. The molecule has 1 saturated heterocycles. The summed E-state index contributed by atoms with van der Waals surface area (Å²) in [5, 5.41) is 5.98. The summed E-state index contributed by atoms with van der Waals surface area (Å²) in [5.41, 5.74) is 0. The van der Waals surface area contributed by atoms with Crippen LogP contribution in [-0.4, -0.2) is 31.8 Å². The Labute approximate surface area is 85.4 Å². The average molecular weight is 200 g/mol. The molecular weight excluding hydrogens is 180 g/mol. The quantitative estimate of drug-likeness (QED) is 0.717. The lowest BCUT2D eigenvalue weighted by Gasteiger charge is -2.22. The predicted octanol–water partition coefficient (Wildman–Crippen LogP) is 1.12. The van der Waals surface area contributed by atoms with Gasteiger partial charge in [-0.2, -0.15) is 0 Å². The van der Waals surface area contributed by atoms with Crippen LogP contribution in [0.5, 0.6) is 0 Å². The molecule has 2 N–H and O–H groups in total. The molecule has 1 rings (SSSR count). The van der Waals surface area contributed by atoms with Gasteiger partial charge in [-0.3, -0.25) is 0 Å². The molecule has 14 heavy (non-hydrogen) atoms. The van der Waals surface area contributed by atoms with Gasteiger partial charge in [-0.1, -0.05) is 0 Å². The largest absolute Gasteiger partial charge is 0.449 e. The third-order valence-corrected chi connectivity index (χ3v) is 2.32. The van der Waals surface area contributed by atoms with Gasteiger partial charge in [0.05, 0.1) is 6.61 Å². The maximum atomic E-state index is 11.1. The highest BCUT2D eigenvalue weighted by atomic mass is 16.5. The van der Waals surface area contributed by atoms with Crippen LogP contribution in [0.4, 0.5) is 4.79 Å². The van der Waals surface area contributed by atoms with Crippen molar-refractivity contribution in [1.29, 1.82) is 0 Å². The number of rotatable bonds is 3. The Morgan fingerprint density at radius 1 is 1.50 bits per heavy atom. The van der Waals surface area contributed by atoms with E-state index < -0.39 is 0 Å². The summed E-state index contributed by atoms with van der Waals surface area (Å²) in [6.45, 7) is 6.48. The van der Waals surface area contributed by atoms with Crippen LogP contribution in [-0.2, 0) is 4.74 Å². The van der Waals surface area contributed by atoms with Crippen molar-refractivity contribution in [2.75, 3.05) is 19.7 Å². The molecule has 1 amide bonds. The lowest BCUT2D eigenvalue weighted by molar-refractivity contribution is 0.116. The van der Waals surface area contributed by atoms with Crippen molar-refractivity contribution in [2.24, 2.45) is 5.92 Å². The zero-order valence-electron chi connectivity index (χ0n) is 9.01. The van der Waals surface area contributed by atoms with E-state index in [9.17, 15) is 4.79 Å². The summed E-state index contributed by atoms with van der Waals surface area (Å²) >= 11 is 0. The number of ether oxygens (including phenoxy) is 1. The van der Waals surface area contributed by atoms with Crippen molar-refractivity contribution < 1.29 is 9.53 Å². The van der Waals surface area contributed by atoms with E-state index in [-0.39, 0.29) is 12.1 Å². The molecule has 0 saturated carbocycles. The van der Waals surface area contributed by atoms with Gasteiger partial charge in [0, 0.05) is 6.04 Å². The number of alkyl carbamates (subject to hydrolysis) is 1. The molecule has 0 radical (unpaired) electrons. The van der Waals surface area contributed by atoms with E-state index in [2.05, 4.69) is 10.6 Å². The molecule has 0 bridgehead atoms. The molecule has 0 atom stereocenters. The van der Waals surface area contributed by atoms with E-state index >= 15 is 0 Å². The highest BCUT2D eigenvalue weighted by Crippen LogP contribution is 2.11. The number of carbonyl (C=O) groups is 1. The third kappa shape index (κ3) is 4.46. The van der Waals surface area contributed by atoms with Crippen LogP contribution < -0.4 is 10.6 Å². The van der Waals surface area contributed by atoms with E-state index in [1.807, 2.05) is 13.8 Å². The van der Waals surface area contributed by atoms with Crippen LogP contribution >= 0.6 is 0 Å². The molecule has 1 fully saturated rings. The first-order chi connectivity index (χ1) is 6.68. The SMILES string of the molecule is CC(C)NC(=O)OCC1CCNCC1. The molecule has 0 unspecified atom stereocenters. The summed E-state index contributed by atoms with van der Waals surface area (Å²) in [7, 11) is 0. The fourth-order valence-corrected chi connectivity index (χ4v) is 1.52. The highest BCUT2D eigenvalue weighted by molar-refractivity contribution is 5.67. The van der Waals surface area contributed by atoms with E-state index in [1.54, 1.807) is 0 Å². The van der Waals surface area contributed by atoms with Crippen LogP contribution in [0.15, 0.2) is 0 Å². The van der Waals surface area contributed by atoms with Gasteiger partial charge in [-0.05, 0) is 45.7 Å². The Bertz CT molecular complexity index is 177. The normalized spacial score (nSPS) is 18.2. The molecule has 0 aromatic carbocycles. The zero-order valence-corrected chi connectivity index (χ0v) is 9.01. The molecule has 0 aromatic rings. The summed E-state index contributed by atoms with van der Waals surface area (Å²) in [6.07, 6.45) is 1.92. The molecule has 1 aliphatic rings.